The molecule has 1 saturated carbocycles. The average Bonchev–Trinajstić information content (AvgIpc) is 3.36. The molecule has 0 atom stereocenters. The van der Waals surface area contributed by atoms with Crippen molar-refractivity contribution < 1.29 is 9.72 Å². The number of non-ortho nitro benzene ring substituents is 1. The molecule has 0 bridgehead atoms. The summed E-state index contributed by atoms with van der Waals surface area (Å²) in [5, 5.41) is 14.1. The van der Waals surface area contributed by atoms with Gasteiger partial charge in [0, 0.05) is 29.8 Å². The lowest BCUT2D eigenvalue weighted by molar-refractivity contribution is -0.384. The number of thiazole rings is 1. The maximum Gasteiger partial charge on any atom is 0.269 e. The number of carbonyl (C=O) groups is 1. The Morgan fingerprint density at radius 2 is 1.97 bits per heavy atom. The molecule has 7 nitrogen and oxygen atoms in total. The monoisotopic (exact) mass is 428 g/mol. The van der Waals surface area contributed by atoms with Gasteiger partial charge in [-0.2, -0.15) is 4.99 Å². The number of hydrogen-bond donors (Lipinski definition) is 0. The molecule has 1 aliphatic carbocycles. The number of nitrogens with zero attached hydrogens (tertiary/aromatic N) is 4. The molecule has 4 rings (SSSR count). The molecule has 1 saturated heterocycles. The van der Waals surface area contributed by atoms with Crippen LogP contribution in [0.2, 0.25) is 0 Å². The molecule has 1 aliphatic heterocycles. The van der Waals surface area contributed by atoms with Gasteiger partial charge < -0.3 is 0 Å². The summed E-state index contributed by atoms with van der Waals surface area (Å²) in [5.74, 6) is -0.0342. The second kappa shape index (κ2) is 8.46. The van der Waals surface area contributed by atoms with Gasteiger partial charge in [0.2, 0.25) is 5.13 Å². The molecule has 2 aromatic rings. The normalized spacial score (nSPS) is 21.1. The van der Waals surface area contributed by atoms with E-state index in [2.05, 4.69) is 9.98 Å². The predicted molar refractivity (Wildman–Crippen MR) is 116 cm³/mol. The molecule has 1 aromatic heterocycles. The molecule has 0 spiro atoms. The first kappa shape index (κ1) is 19.8. The zero-order valence-corrected chi connectivity index (χ0v) is 17.5. The van der Waals surface area contributed by atoms with Crippen LogP contribution in [0.5, 0.6) is 0 Å². The fraction of sp³-hybridized carbons (Fsp3) is 0.350. The Kier molecular flexibility index (Phi) is 5.77. The second-order valence-electron chi connectivity index (χ2n) is 7.04. The lowest BCUT2D eigenvalue weighted by atomic mass is 9.94. The maximum absolute atomic E-state index is 13.4. The first-order valence-corrected chi connectivity index (χ1v) is 11.2. The highest BCUT2D eigenvalue weighted by Crippen LogP contribution is 2.41. The number of benzene rings is 1. The topological polar surface area (TPSA) is 88.7 Å². The number of allylic oxidation sites excluding steroid dienone is 1. The van der Waals surface area contributed by atoms with Crippen LogP contribution >= 0.6 is 23.1 Å². The Hall–Kier alpha value is -2.52. The minimum atomic E-state index is -0.425. The van der Waals surface area contributed by atoms with Crippen molar-refractivity contribution in [2.45, 2.75) is 45.1 Å². The number of aromatic nitrogens is 1. The van der Waals surface area contributed by atoms with Crippen molar-refractivity contribution in [2.24, 2.45) is 4.99 Å². The van der Waals surface area contributed by atoms with E-state index in [-0.39, 0.29) is 17.6 Å². The summed E-state index contributed by atoms with van der Waals surface area (Å²) in [6, 6.07) is 6.47. The van der Waals surface area contributed by atoms with E-state index in [1.165, 1.54) is 41.7 Å². The summed E-state index contributed by atoms with van der Waals surface area (Å²) in [7, 11) is 0. The van der Waals surface area contributed by atoms with E-state index < -0.39 is 4.92 Å². The maximum atomic E-state index is 13.4. The van der Waals surface area contributed by atoms with Gasteiger partial charge in [-0.3, -0.25) is 19.8 Å². The zero-order valence-electron chi connectivity index (χ0n) is 15.9. The van der Waals surface area contributed by atoms with Crippen molar-refractivity contribution in [3.63, 3.8) is 0 Å². The van der Waals surface area contributed by atoms with Gasteiger partial charge in [-0.05, 0) is 54.8 Å². The third-order valence-corrected chi connectivity index (χ3v) is 7.04. The first-order valence-electron chi connectivity index (χ1n) is 9.50. The number of rotatable bonds is 4. The van der Waals surface area contributed by atoms with Gasteiger partial charge in [0.05, 0.1) is 9.83 Å². The van der Waals surface area contributed by atoms with Crippen LogP contribution in [0, 0.1) is 10.1 Å². The molecular weight excluding hydrogens is 408 g/mol. The molecule has 0 unspecified atom stereocenters. The molecule has 2 heterocycles. The Morgan fingerprint density at radius 3 is 2.59 bits per heavy atom. The molecular formula is C20H20N4O3S2. The highest BCUT2D eigenvalue weighted by molar-refractivity contribution is 8.18. The third-order valence-electron chi connectivity index (χ3n) is 5.21. The number of carbonyl (C=O) groups excluding carboxylic acids is 1. The summed E-state index contributed by atoms with van der Waals surface area (Å²) in [6.07, 6.45) is 7.10. The SMILES string of the molecule is C/C(=C1/S/C(=N/c2nccs2)N(C2CCCCC2)C1=O)c1ccc([N+](=O)[O-])cc1. The molecule has 29 heavy (non-hydrogen) atoms. The summed E-state index contributed by atoms with van der Waals surface area (Å²) < 4.78 is 0. The van der Waals surface area contributed by atoms with E-state index in [4.69, 9.17) is 0 Å². The van der Waals surface area contributed by atoms with E-state index in [9.17, 15) is 14.9 Å². The van der Waals surface area contributed by atoms with Crippen LogP contribution in [0.3, 0.4) is 0 Å². The summed E-state index contributed by atoms with van der Waals surface area (Å²) in [6.45, 7) is 1.88. The fourth-order valence-electron chi connectivity index (χ4n) is 3.67. The molecule has 0 N–H and O–H groups in total. The molecule has 2 fully saturated rings. The molecule has 9 heteroatoms. The van der Waals surface area contributed by atoms with E-state index >= 15 is 0 Å². The first-order chi connectivity index (χ1) is 14.0. The molecule has 2 aliphatic rings. The largest absolute Gasteiger partial charge is 0.283 e. The Balaban J connectivity index is 1.71. The van der Waals surface area contributed by atoms with Crippen LogP contribution in [0.15, 0.2) is 45.7 Å². The van der Waals surface area contributed by atoms with Crippen LogP contribution in [-0.2, 0) is 4.79 Å². The van der Waals surface area contributed by atoms with Gasteiger partial charge in [-0.1, -0.05) is 19.3 Å². The second-order valence-corrected chi connectivity index (χ2v) is 8.89. The van der Waals surface area contributed by atoms with Crippen molar-refractivity contribution >= 4 is 50.6 Å². The lowest BCUT2D eigenvalue weighted by Crippen LogP contribution is -2.40. The minimum absolute atomic E-state index is 0.0341. The van der Waals surface area contributed by atoms with Crippen molar-refractivity contribution in [3.8, 4) is 0 Å². The Morgan fingerprint density at radius 1 is 1.24 bits per heavy atom. The predicted octanol–water partition coefficient (Wildman–Crippen LogP) is 5.38. The Labute approximate surface area is 176 Å². The van der Waals surface area contributed by atoms with Crippen LogP contribution in [0.1, 0.15) is 44.6 Å². The number of amides is 1. The van der Waals surface area contributed by atoms with Crippen molar-refractivity contribution in [1.82, 2.24) is 9.88 Å². The van der Waals surface area contributed by atoms with Gasteiger partial charge in [-0.25, -0.2) is 4.98 Å². The lowest BCUT2D eigenvalue weighted by Gasteiger charge is -2.30. The molecule has 0 radical (unpaired) electrons. The quantitative estimate of drug-likeness (QED) is 0.371. The highest BCUT2D eigenvalue weighted by Gasteiger charge is 2.40. The smallest absolute Gasteiger partial charge is 0.269 e. The van der Waals surface area contributed by atoms with Crippen LogP contribution in [0.4, 0.5) is 10.8 Å². The van der Waals surface area contributed by atoms with Crippen LogP contribution in [-0.4, -0.2) is 31.9 Å². The van der Waals surface area contributed by atoms with E-state index in [0.717, 1.165) is 36.8 Å². The number of aliphatic imine (C=N–C) groups is 1. The van der Waals surface area contributed by atoms with Crippen LogP contribution < -0.4 is 0 Å². The average molecular weight is 429 g/mol. The van der Waals surface area contributed by atoms with E-state index in [1.807, 2.05) is 17.2 Å². The van der Waals surface area contributed by atoms with Gasteiger partial charge in [0.25, 0.3) is 11.6 Å². The molecule has 150 valence electrons. The number of hydrogen-bond acceptors (Lipinski definition) is 7. The number of amidine groups is 1. The van der Waals surface area contributed by atoms with E-state index in [0.29, 0.717) is 15.2 Å². The van der Waals surface area contributed by atoms with Gasteiger partial charge >= 0.3 is 0 Å². The minimum Gasteiger partial charge on any atom is -0.283 e. The van der Waals surface area contributed by atoms with Gasteiger partial charge in [-0.15, -0.1) is 11.3 Å². The standard InChI is InChI=1S/C20H20N4O3S2/c1-13(14-7-9-16(10-8-14)24(26)27)17-18(25)23(15-5-3-2-4-6-15)20(29-17)22-19-21-11-12-28-19/h7-12,15H,2-6H2,1H3/b17-13-,22-20+. The summed E-state index contributed by atoms with van der Waals surface area (Å²) in [4.78, 5) is 35.2. The fourth-order valence-corrected chi connectivity index (χ4v) is 5.34. The molecule has 1 aromatic carbocycles. The van der Waals surface area contributed by atoms with Crippen molar-refractivity contribution in [3.05, 3.63) is 56.4 Å². The van der Waals surface area contributed by atoms with Crippen LogP contribution in [0.25, 0.3) is 5.57 Å². The third kappa shape index (κ3) is 4.11. The number of nitro groups is 1. The zero-order chi connectivity index (χ0) is 20.4. The number of nitro benzene ring substituents is 1. The Bertz CT molecular complexity index is 978. The van der Waals surface area contributed by atoms with Gasteiger partial charge in [0.1, 0.15) is 0 Å². The van der Waals surface area contributed by atoms with Crippen molar-refractivity contribution in [1.29, 1.82) is 0 Å². The highest BCUT2D eigenvalue weighted by atomic mass is 32.2. The van der Waals surface area contributed by atoms with E-state index in [1.54, 1.807) is 18.3 Å². The number of thioether (sulfide) groups is 1. The summed E-state index contributed by atoms with van der Waals surface area (Å²) in [5.41, 5.74) is 1.64. The molecule has 1 amide bonds. The summed E-state index contributed by atoms with van der Waals surface area (Å²) >= 11 is 2.81. The van der Waals surface area contributed by atoms with Crippen molar-refractivity contribution in [2.75, 3.05) is 0 Å². The van der Waals surface area contributed by atoms with Gasteiger partial charge in [0.15, 0.2) is 5.17 Å².